The maximum atomic E-state index is 11.6. The van der Waals surface area contributed by atoms with Crippen LogP contribution in [0.25, 0.3) is 0 Å². The number of amides is 2. The molecule has 7 heteroatoms. The number of hydrogen-bond acceptors (Lipinski definition) is 4. The van der Waals surface area contributed by atoms with E-state index in [-0.39, 0.29) is 0 Å². The third-order valence-corrected chi connectivity index (χ3v) is 3.28. The van der Waals surface area contributed by atoms with Gasteiger partial charge in [-0.15, -0.1) is 0 Å². The van der Waals surface area contributed by atoms with Crippen molar-refractivity contribution in [1.82, 2.24) is 15.6 Å². The predicted molar refractivity (Wildman–Crippen MR) is 78.8 cm³/mol. The van der Waals surface area contributed by atoms with Crippen LogP contribution in [-0.4, -0.2) is 40.1 Å². The molecule has 3 N–H and O–H groups in total. The molecular weight excluding hydrogens is 278 g/mol. The number of pyridine rings is 1. The maximum absolute atomic E-state index is 11.6. The molecule has 0 aromatic carbocycles. The van der Waals surface area contributed by atoms with Crippen LogP contribution in [0.1, 0.15) is 17.7 Å². The minimum absolute atomic E-state index is 0.313. The zero-order valence-corrected chi connectivity index (χ0v) is 12.4. The summed E-state index contributed by atoms with van der Waals surface area (Å²) in [6.07, 6.45) is 3.97. The van der Waals surface area contributed by atoms with E-state index in [1.165, 1.54) is 0 Å². The molecule has 1 atom stereocenters. The van der Waals surface area contributed by atoms with Crippen LogP contribution < -0.4 is 10.6 Å². The molecule has 0 unspecified atom stereocenters. The van der Waals surface area contributed by atoms with Crippen molar-refractivity contribution < 1.29 is 14.7 Å². The summed E-state index contributed by atoms with van der Waals surface area (Å²) in [7, 11) is 0. The zero-order valence-electron chi connectivity index (χ0n) is 11.5. The van der Waals surface area contributed by atoms with Gasteiger partial charge in [0.05, 0.1) is 0 Å². The van der Waals surface area contributed by atoms with Crippen molar-refractivity contribution in [2.45, 2.75) is 25.9 Å². The predicted octanol–water partition coefficient (Wildman–Crippen LogP) is 1.40. The Morgan fingerprint density at radius 1 is 1.45 bits per heavy atom. The molecule has 0 aliphatic rings. The molecule has 1 heterocycles. The molecule has 1 rings (SSSR count). The number of aryl methyl sites for hydroxylation is 1. The van der Waals surface area contributed by atoms with Crippen molar-refractivity contribution in [2.24, 2.45) is 0 Å². The first-order chi connectivity index (χ1) is 9.52. The highest BCUT2D eigenvalue weighted by molar-refractivity contribution is 7.98. The summed E-state index contributed by atoms with van der Waals surface area (Å²) in [6, 6.07) is 2.37. The average Bonchev–Trinajstić information content (AvgIpc) is 2.42. The fourth-order valence-corrected chi connectivity index (χ4v) is 1.96. The van der Waals surface area contributed by atoms with Gasteiger partial charge in [-0.25, -0.2) is 9.59 Å². The highest BCUT2D eigenvalue weighted by Gasteiger charge is 2.18. The highest BCUT2D eigenvalue weighted by atomic mass is 32.2. The molecule has 0 saturated heterocycles. The summed E-state index contributed by atoms with van der Waals surface area (Å²) in [5.41, 5.74) is 1.77. The topological polar surface area (TPSA) is 91.3 Å². The van der Waals surface area contributed by atoms with Crippen molar-refractivity contribution in [3.8, 4) is 0 Å². The fraction of sp³-hybridized carbons (Fsp3) is 0.462. The van der Waals surface area contributed by atoms with Gasteiger partial charge in [0.1, 0.15) is 6.04 Å². The molecule has 6 nitrogen and oxygen atoms in total. The lowest BCUT2D eigenvalue weighted by molar-refractivity contribution is -0.139. The van der Waals surface area contributed by atoms with Gasteiger partial charge in [-0.1, -0.05) is 6.07 Å². The number of aromatic nitrogens is 1. The van der Waals surface area contributed by atoms with Gasteiger partial charge in [-0.05, 0) is 37.0 Å². The van der Waals surface area contributed by atoms with Crippen LogP contribution in [0.5, 0.6) is 0 Å². The Morgan fingerprint density at radius 3 is 2.75 bits per heavy atom. The minimum Gasteiger partial charge on any atom is -0.480 e. The second-order valence-corrected chi connectivity index (χ2v) is 5.29. The molecule has 0 bridgehead atoms. The molecule has 0 saturated carbocycles. The first-order valence-corrected chi connectivity index (χ1v) is 7.60. The number of carbonyl (C=O) groups excluding carboxylic acids is 1. The van der Waals surface area contributed by atoms with E-state index in [1.807, 2.05) is 25.3 Å². The number of carboxylic acid groups (broad SMARTS) is 1. The standard InChI is InChI=1S/C13H19N3O3S/c1-9-3-4-10(7-14-9)8-15-13(19)16-11(12(17)18)5-6-20-2/h3-4,7,11H,5-6,8H2,1-2H3,(H,17,18)(H2,15,16,19)/t11-/m0/s1. The molecule has 110 valence electrons. The van der Waals surface area contributed by atoms with Crippen LogP contribution in [0.15, 0.2) is 18.3 Å². The van der Waals surface area contributed by atoms with Gasteiger partial charge < -0.3 is 15.7 Å². The maximum Gasteiger partial charge on any atom is 0.326 e. The van der Waals surface area contributed by atoms with Crippen molar-refractivity contribution in [3.05, 3.63) is 29.6 Å². The SMILES string of the molecule is CSCC[C@H](NC(=O)NCc1ccc(C)nc1)C(=O)O. The summed E-state index contributed by atoms with van der Waals surface area (Å²) >= 11 is 1.54. The van der Waals surface area contributed by atoms with Crippen molar-refractivity contribution in [3.63, 3.8) is 0 Å². The van der Waals surface area contributed by atoms with Crippen LogP contribution in [0, 0.1) is 6.92 Å². The monoisotopic (exact) mass is 297 g/mol. The third kappa shape index (κ3) is 5.92. The van der Waals surface area contributed by atoms with E-state index in [9.17, 15) is 9.59 Å². The summed E-state index contributed by atoms with van der Waals surface area (Å²) in [4.78, 5) is 26.8. The number of rotatable bonds is 7. The number of aliphatic carboxylic acids is 1. The Bertz CT molecular complexity index is 451. The van der Waals surface area contributed by atoms with E-state index in [0.717, 1.165) is 11.3 Å². The summed E-state index contributed by atoms with van der Waals surface area (Å²) in [5, 5.41) is 14.1. The van der Waals surface area contributed by atoms with Gasteiger partial charge in [-0.3, -0.25) is 4.98 Å². The third-order valence-electron chi connectivity index (χ3n) is 2.64. The number of hydrogen-bond donors (Lipinski definition) is 3. The molecular formula is C13H19N3O3S. The molecule has 0 spiro atoms. The lowest BCUT2D eigenvalue weighted by atomic mass is 10.2. The Morgan fingerprint density at radius 2 is 2.20 bits per heavy atom. The number of carbonyl (C=O) groups is 2. The van der Waals surface area contributed by atoms with Crippen molar-refractivity contribution in [1.29, 1.82) is 0 Å². The Kier molecular flexibility index (Phi) is 6.86. The number of thioether (sulfide) groups is 1. The van der Waals surface area contributed by atoms with Gasteiger partial charge in [0.15, 0.2) is 0 Å². The quantitative estimate of drug-likeness (QED) is 0.707. The Hall–Kier alpha value is -1.76. The molecule has 2 amide bonds. The highest BCUT2D eigenvalue weighted by Crippen LogP contribution is 2.01. The largest absolute Gasteiger partial charge is 0.480 e. The normalized spacial score (nSPS) is 11.7. The van der Waals surface area contributed by atoms with Gasteiger partial charge in [0.2, 0.25) is 0 Å². The number of nitrogens with zero attached hydrogens (tertiary/aromatic N) is 1. The Labute approximate surface area is 122 Å². The van der Waals surface area contributed by atoms with E-state index < -0.39 is 18.0 Å². The molecule has 0 radical (unpaired) electrons. The van der Waals surface area contributed by atoms with Gasteiger partial charge in [0.25, 0.3) is 0 Å². The summed E-state index contributed by atoms with van der Waals surface area (Å²) in [5.74, 6) is -0.342. The second kappa shape index (κ2) is 8.42. The molecule has 0 fully saturated rings. The lowest BCUT2D eigenvalue weighted by Crippen LogP contribution is -2.46. The van der Waals surface area contributed by atoms with Crippen LogP contribution in [-0.2, 0) is 11.3 Å². The van der Waals surface area contributed by atoms with Crippen LogP contribution in [0.3, 0.4) is 0 Å². The molecule has 0 aliphatic carbocycles. The van der Waals surface area contributed by atoms with Crippen LogP contribution >= 0.6 is 11.8 Å². The van der Waals surface area contributed by atoms with E-state index in [4.69, 9.17) is 5.11 Å². The number of nitrogens with one attached hydrogen (secondary N) is 2. The Balaban J connectivity index is 2.41. The fourth-order valence-electron chi connectivity index (χ4n) is 1.49. The van der Waals surface area contributed by atoms with E-state index in [1.54, 1.807) is 18.0 Å². The summed E-state index contributed by atoms with van der Waals surface area (Å²) < 4.78 is 0. The second-order valence-electron chi connectivity index (χ2n) is 4.31. The van der Waals surface area contributed by atoms with Gasteiger partial charge >= 0.3 is 12.0 Å². The first kappa shape index (κ1) is 16.3. The minimum atomic E-state index is -1.02. The zero-order chi connectivity index (χ0) is 15.0. The summed E-state index contributed by atoms with van der Waals surface area (Å²) in [6.45, 7) is 2.20. The molecule has 1 aromatic heterocycles. The molecule has 1 aromatic rings. The van der Waals surface area contributed by atoms with E-state index in [2.05, 4.69) is 15.6 Å². The molecule has 20 heavy (non-hydrogen) atoms. The van der Waals surface area contributed by atoms with Crippen molar-refractivity contribution >= 4 is 23.8 Å². The van der Waals surface area contributed by atoms with E-state index >= 15 is 0 Å². The van der Waals surface area contributed by atoms with Gasteiger partial charge in [-0.2, -0.15) is 11.8 Å². The van der Waals surface area contributed by atoms with E-state index in [0.29, 0.717) is 18.7 Å². The number of urea groups is 1. The van der Waals surface area contributed by atoms with Crippen LogP contribution in [0.2, 0.25) is 0 Å². The lowest BCUT2D eigenvalue weighted by Gasteiger charge is -2.14. The molecule has 0 aliphatic heterocycles. The first-order valence-electron chi connectivity index (χ1n) is 6.20. The average molecular weight is 297 g/mol. The number of carboxylic acids is 1. The van der Waals surface area contributed by atoms with Crippen LogP contribution in [0.4, 0.5) is 4.79 Å². The smallest absolute Gasteiger partial charge is 0.326 e. The van der Waals surface area contributed by atoms with Crippen molar-refractivity contribution in [2.75, 3.05) is 12.0 Å². The van der Waals surface area contributed by atoms with Gasteiger partial charge in [0, 0.05) is 18.4 Å².